The van der Waals surface area contributed by atoms with E-state index in [-0.39, 0.29) is 0 Å². The monoisotopic (exact) mass is 766 g/mol. The first-order valence-electron chi connectivity index (χ1n) is 20.4. The third kappa shape index (κ3) is 11.0. The van der Waals surface area contributed by atoms with Crippen molar-refractivity contribution in [2.24, 2.45) is 0 Å². The summed E-state index contributed by atoms with van der Waals surface area (Å²) in [5.74, 6) is 0. The molecule has 292 valence electrons. The lowest BCUT2D eigenvalue weighted by atomic mass is 9.98. The van der Waals surface area contributed by atoms with Gasteiger partial charge in [-0.3, -0.25) is 0 Å². The SMILES string of the molecule is C=C/C=C\C=C\c1ccc(N(c2ccccc2)c2ccc(-c3ccc(-c4ccc(-c5ccc(N(C(/C=C\C=C/C)=C\C)/C(C)=C/C=C\CC)cc5)cc4)cc3)cc2)cc1. The average Bonchev–Trinajstić information content (AvgIpc) is 3.29. The second-order valence-electron chi connectivity index (χ2n) is 14.1. The summed E-state index contributed by atoms with van der Waals surface area (Å²) in [5.41, 5.74) is 15.0. The van der Waals surface area contributed by atoms with Gasteiger partial charge in [-0.1, -0.05) is 183 Å². The third-order valence-corrected chi connectivity index (χ3v) is 10.0. The van der Waals surface area contributed by atoms with E-state index >= 15 is 0 Å². The van der Waals surface area contributed by atoms with Crippen LogP contribution in [0.2, 0.25) is 0 Å². The number of anilines is 4. The van der Waals surface area contributed by atoms with E-state index in [1.807, 2.05) is 31.2 Å². The first-order chi connectivity index (χ1) is 29.0. The Bertz CT molecular complexity index is 2450. The third-order valence-electron chi connectivity index (χ3n) is 10.0. The fraction of sp³-hybridized carbons (Fsp3) is 0.0877. The maximum atomic E-state index is 3.73. The molecule has 0 aromatic heterocycles. The second-order valence-corrected chi connectivity index (χ2v) is 14.1. The van der Waals surface area contributed by atoms with Crippen LogP contribution in [0.4, 0.5) is 22.7 Å². The van der Waals surface area contributed by atoms with Gasteiger partial charge in [-0.05, 0) is 127 Å². The van der Waals surface area contributed by atoms with Crippen LogP contribution in [-0.4, -0.2) is 0 Å². The molecule has 0 spiro atoms. The minimum Gasteiger partial charge on any atom is -0.315 e. The molecule has 2 heteroatoms. The maximum Gasteiger partial charge on any atom is 0.0462 e. The molecule has 0 unspecified atom stereocenters. The van der Waals surface area contributed by atoms with E-state index in [1.165, 1.54) is 33.4 Å². The molecule has 6 aromatic rings. The van der Waals surface area contributed by atoms with Gasteiger partial charge in [0.1, 0.15) is 0 Å². The van der Waals surface area contributed by atoms with E-state index in [9.17, 15) is 0 Å². The molecule has 0 saturated heterocycles. The van der Waals surface area contributed by atoms with Crippen LogP contribution in [0.25, 0.3) is 39.5 Å². The Morgan fingerprint density at radius 1 is 0.508 bits per heavy atom. The lowest BCUT2D eigenvalue weighted by Gasteiger charge is -2.27. The van der Waals surface area contributed by atoms with Gasteiger partial charge in [-0.15, -0.1) is 0 Å². The Labute approximate surface area is 352 Å². The van der Waals surface area contributed by atoms with Gasteiger partial charge in [0.25, 0.3) is 0 Å². The molecule has 0 aliphatic heterocycles. The second kappa shape index (κ2) is 21.4. The summed E-state index contributed by atoms with van der Waals surface area (Å²) in [6, 6.07) is 54.6. The molecule has 6 aromatic carbocycles. The van der Waals surface area contributed by atoms with E-state index < -0.39 is 0 Å². The molecule has 0 bridgehead atoms. The molecule has 59 heavy (non-hydrogen) atoms. The molecule has 0 N–H and O–H groups in total. The lowest BCUT2D eigenvalue weighted by molar-refractivity contribution is 1.09. The Morgan fingerprint density at radius 2 is 0.983 bits per heavy atom. The molecule has 0 aliphatic carbocycles. The summed E-state index contributed by atoms with van der Waals surface area (Å²) in [7, 11) is 0. The fourth-order valence-corrected chi connectivity index (χ4v) is 6.92. The highest BCUT2D eigenvalue weighted by Crippen LogP contribution is 2.36. The highest BCUT2D eigenvalue weighted by atomic mass is 15.2. The predicted octanol–water partition coefficient (Wildman–Crippen LogP) is 16.6. The van der Waals surface area contributed by atoms with Gasteiger partial charge in [-0.2, -0.15) is 0 Å². The molecule has 0 saturated carbocycles. The highest BCUT2D eigenvalue weighted by Gasteiger charge is 2.14. The summed E-state index contributed by atoms with van der Waals surface area (Å²) in [5, 5.41) is 0. The molecule has 6 rings (SSSR count). The van der Waals surface area contributed by atoms with E-state index in [2.05, 4.69) is 237 Å². The molecule has 0 atom stereocenters. The smallest absolute Gasteiger partial charge is 0.0462 e. The number of benzene rings is 6. The first kappa shape index (κ1) is 41.5. The highest BCUT2D eigenvalue weighted by molar-refractivity contribution is 5.80. The Hall–Kier alpha value is -7.16. The Balaban J connectivity index is 1.17. The van der Waals surface area contributed by atoms with Crippen molar-refractivity contribution in [2.45, 2.75) is 34.1 Å². The van der Waals surface area contributed by atoms with Gasteiger partial charge in [0.2, 0.25) is 0 Å². The van der Waals surface area contributed by atoms with Gasteiger partial charge in [0, 0.05) is 34.1 Å². The first-order valence-corrected chi connectivity index (χ1v) is 20.4. The largest absolute Gasteiger partial charge is 0.315 e. The Morgan fingerprint density at radius 3 is 1.46 bits per heavy atom. The number of hydrogen-bond acceptors (Lipinski definition) is 2. The van der Waals surface area contributed by atoms with Crippen molar-refractivity contribution in [1.29, 1.82) is 0 Å². The lowest BCUT2D eigenvalue weighted by Crippen LogP contribution is -2.19. The van der Waals surface area contributed by atoms with Crippen molar-refractivity contribution in [2.75, 3.05) is 9.80 Å². The van der Waals surface area contributed by atoms with Crippen LogP contribution < -0.4 is 9.80 Å². The van der Waals surface area contributed by atoms with Crippen molar-refractivity contribution in [3.63, 3.8) is 0 Å². The van der Waals surface area contributed by atoms with Gasteiger partial charge in [0.15, 0.2) is 0 Å². The van der Waals surface area contributed by atoms with Crippen LogP contribution in [0, 0.1) is 0 Å². The number of para-hydroxylation sites is 1. The predicted molar refractivity (Wildman–Crippen MR) is 259 cm³/mol. The number of allylic oxidation sites excluding steroid dienone is 13. The fourth-order valence-electron chi connectivity index (χ4n) is 6.92. The minimum atomic E-state index is 1.01. The standard InChI is InChI=1S/C57H54N2/c1-6-10-13-17-21-46-25-39-56(40-26-46)59(54-23-18-14-19-24-54)57-43-37-52(38-44-57)50-33-29-48(30-34-50)47-27-31-49(32-28-47)51-35-41-55(42-36-51)58(45(5)20-15-11-7-2)53(9-4)22-16-12-8-3/h6,8-44H,1,7H2,2-5H3/b12-8-,13-10-,15-11-,21-17+,22-16-,45-20+,53-9-. The van der Waals surface area contributed by atoms with Crippen molar-refractivity contribution in [1.82, 2.24) is 0 Å². The maximum absolute atomic E-state index is 3.73. The van der Waals surface area contributed by atoms with E-state index in [0.29, 0.717) is 0 Å². The minimum absolute atomic E-state index is 1.01. The van der Waals surface area contributed by atoms with Crippen LogP contribution in [0.1, 0.15) is 39.7 Å². The molecule has 0 amide bonds. The van der Waals surface area contributed by atoms with Gasteiger partial charge in [-0.25, -0.2) is 0 Å². The summed E-state index contributed by atoms with van der Waals surface area (Å²) in [6.07, 6.45) is 27.8. The number of nitrogens with zero attached hydrogens (tertiary/aromatic N) is 2. The normalized spacial score (nSPS) is 12.4. The van der Waals surface area contributed by atoms with Crippen LogP contribution >= 0.6 is 0 Å². The van der Waals surface area contributed by atoms with E-state index in [1.54, 1.807) is 6.08 Å². The zero-order valence-corrected chi connectivity index (χ0v) is 34.7. The summed E-state index contributed by atoms with van der Waals surface area (Å²) in [4.78, 5) is 4.59. The van der Waals surface area contributed by atoms with Gasteiger partial charge in [0.05, 0.1) is 0 Å². The average molecular weight is 767 g/mol. The topological polar surface area (TPSA) is 6.48 Å². The van der Waals surface area contributed by atoms with Crippen molar-refractivity contribution in [3.8, 4) is 33.4 Å². The van der Waals surface area contributed by atoms with Crippen LogP contribution in [0.15, 0.2) is 243 Å². The van der Waals surface area contributed by atoms with E-state index in [0.717, 1.165) is 46.1 Å². The quantitative estimate of drug-likeness (QED) is 0.0905. The zero-order chi connectivity index (χ0) is 41.2. The van der Waals surface area contributed by atoms with Crippen LogP contribution in [-0.2, 0) is 0 Å². The number of rotatable bonds is 16. The number of hydrogen-bond donors (Lipinski definition) is 0. The van der Waals surface area contributed by atoms with E-state index in [4.69, 9.17) is 0 Å². The molecule has 2 nitrogen and oxygen atoms in total. The van der Waals surface area contributed by atoms with Crippen molar-refractivity contribution >= 4 is 28.8 Å². The Kier molecular flexibility index (Phi) is 15.0. The van der Waals surface area contributed by atoms with Gasteiger partial charge >= 0.3 is 0 Å². The molecule has 0 aliphatic rings. The molecular formula is C57H54N2. The van der Waals surface area contributed by atoms with Crippen molar-refractivity contribution < 1.29 is 0 Å². The molecular weight excluding hydrogens is 713 g/mol. The summed E-state index contributed by atoms with van der Waals surface area (Å²) in [6.45, 7) is 12.2. The molecule has 0 heterocycles. The van der Waals surface area contributed by atoms with Crippen LogP contribution in [0.3, 0.4) is 0 Å². The molecule has 0 radical (unpaired) electrons. The summed E-state index contributed by atoms with van der Waals surface area (Å²) < 4.78 is 0. The van der Waals surface area contributed by atoms with Crippen LogP contribution in [0.5, 0.6) is 0 Å². The van der Waals surface area contributed by atoms with Gasteiger partial charge < -0.3 is 9.80 Å². The summed E-state index contributed by atoms with van der Waals surface area (Å²) >= 11 is 0. The zero-order valence-electron chi connectivity index (χ0n) is 34.7. The van der Waals surface area contributed by atoms with Crippen molar-refractivity contribution in [3.05, 3.63) is 248 Å². The molecule has 0 fully saturated rings.